The van der Waals surface area contributed by atoms with Crippen molar-refractivity contribution >= 4 is 5.78 Å². The zero-order chi connectivity index (χ0) is 13.0. The molecule has 0 amide bonds. The van der Waals surface area contributed by atoms with Crippen LogP contribution in [0, 0.1) is 5.41 Å². The van der Waals surface area contributed by atoms with Crippen LogP contribution in [-0.2, 0) is 6.54 Å². The van der Waals surface area contributed by atoms with E-state index >= 15 is 0 Å². The fourth-order valence-electron chi connectivity index (χ4n) is 2.83. The molecule has 2 heterocycles. The zero-order valence-electron chi connectivity index (χ0n) is 11.3. The van der Waals surface area contributed by atoms with Crippen LogP contribution < -0.4 is 5.32 Å². The molecule has 1 N–H and O–H groups in total. The van der Waals surface area contributed by atoms with Crippen molar-refractivity contribution in [3.8, 4) is 0 Å². The molecule has 1 aromatic rings. The second-order valence-corrected chi connectivity index (χ2v) is 5.13. The quantitative estimate of drug-likeness (QED) is 0.780. The summed E-state index contributed by atoms with van der Waals surface area (Å²) >= 11 is 0. The predicted octanol–water partition coefficient (Wildman–Crippen LogP) is 1.65. The van der Waals surface area contributed by atoms with E-state index in [-0.39, 0.29) is 11.2 Å². The van der Waals surface area contributed by atoms with Gasteiger partial charge in [-0.25, -0.2) is 4.68 Å². The monoisotopic (exact) mass is 250 g/mol. The molecule has 0 aliphatic carbocycles. The minimum Gasteiger partial charge on any atom is -0.316 e. The van der Waals surface area contributed by atoms with Gasteiger partial charge in [0.15, 0.2) is 5.78 Å². The SMILES string of the molecule is CCCn1nncc1C(=O)C1(CCC)CCNC1. The first kappa shape index (κ1) is 13.2. The first-order chi connectivity index (χ1) is 8.73. The van der Waals surface area contributed by atoms with E-state index in [0.29, 0.717) is 5.69 Å². The molecule has 0 radical (unpaired) electrons. The fraction of sp³-hybridized carbons (Fsp3) is 0.769. The van der Waals surface area contributed by atoms with Crippen LogP contribution in [-0.4, -0.2) is 33.9 Å². The minimum atomic E-state index is -0.234. The summed E-state index contributed by atoms with van der Waals surface area (Å²) in [5, 5.41) is 11.2. The lowest BCUT2D eigenvalue weighted by Gasteiger charge is -2.25. The van der Waals surface area contributed by atoms with Crippen molar-refractivity contribution in [2.24, 2.45) is 5.41 Å². The normalized spacial score (nSPS) is 23.4. The van der Waals surface area contributed by atoms with Crippen molar-refractivity contribution in [1.82, 2.24) is 20.3 Å². The van der Waals surface area contributed by atoms with Gasteiger partial charge >= 0.3 is 0 Å². The second-order valence-electron chi connectivity index (χ2n) is 5.13. The summed E-state index contributed by atoms with van der Waals surface area (Å²) in [6.45, 7) is 6.69. The molecule has 1 atom stereocenters. The number of ketones is 1. The first-order valence-corrected chi connectivity index (χ1v) is 6.87. The second kappa shape index (κ2) is 5.61. The van der Waals surface area contributed by atoms with Crippen molar-refractivity contribution in [2.75, 3.05) is 13.1 Å². The number of carbonyl (C=O) groups is 1. The molecular formula is C13H22N4O. The Bertz CT molecular complexity index is 407. The van der Waals surface area contributed by atoms with E-state index in [9.17, 15) is 4.79 Å². The van der Waals surface area contributed by atoms with Crippen LogP contribution in [0.5, 0.6) is 0 Å². The van der Waals surface area contributed by atoms with Gasteiger partial charge in [0, 0.05) is 18.5 Å². The Morgan fingerprint density at radius 3 is 2.94 bits per heavy atom. The lowest BCUT2D eigenvalue weighted by molar-refractivity contribution is 0.0789. The number of aryl methyl sites for hydroxylation is 1. The Morgan fingerprint density at radius 2 is 2.33 bits per heavy atom. The maximum atomic E-state index is 12.8. The molecular weight excluding hydrogens is 228 g/mol. The summed E-state index contributed by atoms with van der Waals surface area (Å²) in [6, 6.07) is 0. The van der Waals surface area contributed by atoms with E-state index in [4.69, 9.17) is 0 Å². The summed E-state index contributed by atoms with van der Waals surface area (Å²) in [4.78, 5) is 12.8. The highest BCUT2D eigenvalue weighted by Crippen LogP contribution is 2.34. The molecule has 1 aliphatic rings. The van der Waals surface area contributed by atoms with E-state index in [1.807, 2.05) is 0 Å². The molecule has 0 spiro atoms. The number of Topliss-reactive ketones (excluding diaryl/α,β-unsaturated/α-hetero) is 1. The highest BCUT2D eigenvalue weighted by atomic mass is 16.1. The number of rotatable bonds is 6. The average Bonchev–Trinajstić information content (AvgIpc) is 2.99. The molecule has 1 aromatic heterocycles. The molecule has 100 valence electrons. The Labute approximate surface area is 108 Å². The molecule has 1 unspecified atom stereocenters. The number of nitrogens with one attached hydrogen (secondary N) is 1. The maximum Gasteiger partial charge on any atom is 0.189 e. The number of aromatic nitrogens is 3. The van der Waals surface area contributed by atoms with Crippen molar-refractivity contribution in [2.45, 2.75) is 46.1 Å². The largest absolute Gasteiger partial charge is 0.316 e. The van der Waals surface area contributed by atoms with Gasteiger partial charge in [-0.3, -0.25) is 4.79 Å². The lowest BCUT2D eigenvalue weighted by Crippen LogP contribution is -2.35. The molecule has 1 aliphatic heterocycles. The molecule has 2 rings (SSSR count). The number of carbonyl (C=O) groups excluding carboxylic acids is 1. The molecule has 1 fully saturated rings. The molecule has 5 heteroatoms. The fourth-order valence-corrected chi connectivity index (χ4v) is 2.83. The number of hydrogen-bond donors (Lipinski definition) is 1. The van der Waals surface area contributed by atoms with Gasteiger partial charge in [-0.05, 0) is 25.8 Å². The summed E-state index contributed by atoms with van der Waals surface area (Å²) in [5.74, 6) is 0.216. The lowest BCUT2D eigenvalue weighted by atomic mass is 9.77. The topological polar surface area (TPSA) is 59.8 Å². The molecule has 5 nitrogen and oxygen atoms in total. The Kier molecular flexibility index (Phi) is 4.11. The van der Waals surface area contributed by atoms with Crippen LogP contribution in [0.2, 0.25) is 0 Å². The van der Waals surface area contributed by atoms with Crippen LogP contribution in [0.3, 0.4) is 0 Å². The average molecular weight is 250 g/mol. The zero-order valence-corrected chi connectivity index (χ0v) is 11.3. The summed E-state index contributed by atoms with van der Waals surface area (Å²) in [5.41, 5.74) is 0.441. The van der Waals surface area contributed by atoms with E-state index in [0.717, 1.165) is 45.3 Å². The van der Waals surface area contributed by atoms with Crippen molar-refractivity contribution in [1.29, 1.82) is 0 Å². The third-order valence-corrected chi connectivity index (χ3v) is 3.74. The van der Waals surface area contributed by atoms with Crippen LogP contribution in [0.4, 0.5) is 0 Å². The Hall–Kier alpha value is -1.23. The highest BCUT2D eigenvalue weighted by Gasteiger charge is 2.41. The summed E-state index contributed by atoms with van der Waals surface area (Å²) < 4.78 is 1.75. The van der Waals surface area contributed by atoms with Gasteiger partial charge < -0.3 is 5.32 Å². The van der Waals surface area contributed by atoms with Crippen LogP contribution in [0.1, 0.15) is 50.0 Å². The highest BCUT2D eigenvalue weighted by molar-refractivity contribution is 5.99. The summed E-state index contributed by atoms with van der Waals surface area (Å²) in [7, 11) is 0. The van der Waals surface area contributed by atoms with Gasteiger partial charge in [0.05, 0.1) is 6.20 Å². The smallest absolute Gasteiger partial charge is 0.189 e. The first-order valence-electron chi connectivity index (χ1n) is 6.87. The number of nitrogens with zero attached hydrogens (tertiary/aromatic N) is 3. The predicted molar refractivity (Wildman–Crippen MR) is 69.5 cm³/mol. The van der Waals surface area contributed by atoms with Crippen molar-refractivity contribution in [3.05, 3.63) is 11.9 Å². The molecule has 0 aromatic carbocycles. The van der Waals surface area contributed by atoms with Gasteiger partial charge in [0.25, 0.3) is 0 Å². The van der Waals surface area contributed by atoms with Crippen molar-refractivity contribution in [3.63, 3.8) is 0 Å². The van der Waals surface area contributed by atoms with Gasteiger partial charge in [-0.2, -0.15) is 0 Å². The van der Waals surface area contributed by atoms with E-state index in [2.05, 4.69) is 29.5 Å². The molecule has 18 heavy (non-hydrogen) atoms. The van der Waals surface area contributed by atoms with Crippen molar-refractivity contribution < 1.29 is 4.79 Å². The van der Waals surface area contributed by atoms with Crippen LogP contribution >= 0.6 is 0 Å². The summed E-state index contributed by atoms with van der Waals surface area (Å²) in [6.07, 6.45) is 5.48. The molecule has 1 saturated heterocycles. The number of hydrogen-bond acceptors (Lipinski definition) is 4. The van der Waals surface area contributed by atoms with Gasteiger partial charge in [-0.1, -0.05) is 25.5 Å². The standard InChI is InChI=1S/C13H22N4O/c1-3-5-13(6-7-14-10-13)12(18)11-9-15-16-17(11)8-4-2/h9,14H,3-8,10H2,1-2H3. The third kappa shape index (κ3) is 2.32. The van der Waals surface area contributed by atoms with Crippen LogP contribution in [0.25, 0.3) is 0 Å². The maximum absolute atomic E-state index is 12.8. The van der Waals surface area contributed by atoms with E-state index in [1.54, 1.807) is 10.9 Å². The Balaban J connectivity index is 2.25. The Morgan fingerprint density at radius 1 is 1.50 bits per heavy atom. The molecule has 0 bridgehead atoms. The van der Waals surface area contributed by atoms with E-state index in [1.165, 1.54) is 0 Å². The van der Waals surface area contributed by atoms with Gasteiger partial charge in [-0.15, -0.1) is 5.10 Å². The molecule has 0 saturated carbocycles. The minimum absolute atomic E-state index is 0.216. The van der Waals surface area contributed by atoms with Crippen LogP contribution in [0.15, 0.2) is 6.20 Å². The van der Waals surface area contributed by atoms with E-state index < -0.39 is 0 Å². The third-order valence-electron chi connectivity index (χ3n) is 3.74. The van der Waals surface area contributed by atoms with Gasteiger partial charge in [0.2, 0.25) is 0 Å². The van der Waals surface area contributed by atoms with Gasteiger partial charge in [0.1, 0.15) is 5.69 Å².